The number of urea groups is 1. The molecule has 1 heterocycles. The first-order valence-corrected chi connectivity index (χ1v) is 9.77. The molecule has 1 spiro atoms. The molecule has 1 aliphatic heterocycles. The molecule has 1 saturated heterocycles. The molecule has 2 amide bonds. The Hall–Kier alpha value is -1.60. The topological polar surface area (TPSA) is 92.5 Å². The van der Waals surface area contributed by atoms with Crippen LogP contribution in [0.15, 0.2) is 29.2 Å². The molecule has 3 N–H and O–H groups in total. The average molecular weight is 337 g/mol. The van der Waals surface area contributed by atoms with E-state index >= 15 is 0 Å². The highest BCUT2D eigenvalue weighted by molar-refractivity contribution is 7.90. The monoisotopic (exact) mass is 337 g/mol. The lowest BCUT2D eigenvalue weighted by molar-refractivity contribution is 0.125. The second kappa shape index (κ2) is 5.79. The molecular weight excluding hydrogens is 314 g/mol. The summed E-state index contributed by atoms with van der Waals surface area (Å²) in [5.41, 5.74) is 7.09. The average Bonchev–Trinajstić information content (AvgIpc) is 2.82. The van der Waals surface area contributed by atoms with Crippen LogP contribution in [0.5, 0.6) is 0 Å². The number of nitrogens with one attached hydrogen (secondary N) is 1. The van der Waals surface area contributed by atoms with Crippen LogP contribution in [-0.2, 0) is 16.4 Å². The Morgan fingerprint density at radius 3 is 2.74 bits per heavy atom. The van der Waals surface area contributed by atoms with Gasteiger partial charge in [-0.3, -0.25) is 0 Å². The van der Waals surface area contributed by atoms with Crippen molar-refractivity contribution in [1.29, 1.82) is 0 Å². The SMILES string of the molecule is CS(=O)(=O)c1cccc(CNC(=O)N2CC(N)C3(CCC3)C2)c1. The summed E-state index contributed by atoms with van der Waals surface area (Å²) in [6, 6.07) is 6.58. The van der Waals surface area contributed by atoms with Gasteiger partial charge in [0.05, 0.1) is 4.90 Å². The first-order valence-electron chi connectivity index (χ1n) is 7.88. The van der Waals surface area contributed by atoms with E-state index in [1.165, 1.54) is 12.7 Å². The lowest BCUT2D eigenvalue weighted by Crippen LogP contribution is -2.45. The Kier molecular flexibility index (Phi) is 4.10. The number of hydrogen-bond acceptors (Lipinski definition) is 4. The number of benzene rings is 1. The van der Waals surface area contributed by atoms with E-state index in [0.717, 1.165) is 24.9 Å². The van der Waals surface area contributed by atoms with Gasteiger partial charge in [0, 0.05) is 37.3 Å². The summed E-state index contributed by atoms with van der Waals surface area (Å²) in [7, 11) is -3.24. The Morgan fingerprint density at radius 1 is 1.43 bits per heavy atom. The molecule has 0 radical (unpaired) electrons. The minimum atomic E-state index is -3.24. The van der Waals surface area contributed by atoms with Gasteiger partial charge in [0.25, 0.3) is 0 Å². The fourth-order valence-electron chi connectivity index (χ4n) is 3.48. The first kappa shape index (κ1) is 16.3. The van der Waals surface area contributed by atoms with Crippen LogP contribution in [0.3, 0.4) is 0 Å². The molecule has 1 saturated carbocycles. The summed E-state index contributed by atoms with van der Waals surface area (Å²) in [6.45, 7) is 1.62. The third-order valence-electron chi connectivity index (χ3n) is 5.12. The van der Waals surface area contributed by atoms with E-state index < -0.39 is 9.84 Å². The number of carbonyl (C=O) groups excluding carboxylic acids is 1. The van der Waals surface area contributed by atoms with Gasteiger partial charge in [-0.2, -0.15) is 0 Å². The predicted octanol–water partition coefficient (Wildman–Crippen LogP) is 1.11. The van der Waals surface area contributed by atoms with Crippen LogP contribution in [0.25, 0.3) is 0 Å². The van der Waals surface area contributed by atoms with Crippen molar-refractivity contribution < 1.29 is 13.2 Å². The predicted molar refractivity (Wildman–Crippen MR) is 87.6 cm³/mol. The number of hydrogen-bond donors (Lipinski definition) is 2. The standard InChI is InChI=1S/C16H23N3O3S/c1-23(21,22)13-5-2-4-12(8-13)9-18-15(20)19-10-14(17)16(11-19)6-3-7-16/h2,4-5,8,14H,3,6-7,9-11,17H2,1H3,(H,18,20). The quantitative estimate of drug-likeness (QED) is 0.864. The Labute approximate surface area is 137 Å². The van der Waals surface area contributed by atoms with Crippen molar-refractivity contribution in [3.05, 3.63) is 29.8 Å². The molecule has 1 aromatic rings. The van der Waals surface area contributed by atoms with Crippen molar-refractivity contribution in [3.63, 3.8) is 0 Å². The zero-order valence-corrected chi connectivity index (χ0v) is 14.1. The van der Waals surface area contributed by atoms with E-state index in [-0.39, 0.29) is 22.4 Å². The van der Waals surface area contributed by atoms with Gasteiger partial charge in [-0.1, -0.05) is 18.6 Å². The number of sulfone groups is 1. The molecule has 2 aliphatic rings. The number of nitrogens with two attached hydrogens (primary N) is 1. The number of rotatable bonds is 3. The van der Waals surface area contributed by atoms with Crippen molar-refractivity contribution in [2.24, 2.45) is 11.1 Å². The van der Waals surface area contributed by atoms with Gasteiger partial charge in [-0.15, -0.1) is 0 Å². The summed E-state index contributed by atoms with van der Waals surface area (Å²) in [5, 5.41) is 2.86. The van der Waals surface area contributed by atoms with Crippen LogP contribution >= 0.6 is 0 Å². The van der Waals surface area contributed by atoms with Crippen LogP contribution in [-0.4, -0.2) is 44.7 Å². The maximum atomic E-state index is 12.3. The molecule has 126 valence electrons. The van der Waals surface area contributed by atoms with Crippen molar-refractivity contribution in [2.75, 3.05) is 19.3 Å². The summed E-state index contributed by atoms with van der Waals surface area (Å²) in [6.07, 6.45) is 4.58. The molecule has 0 bridgehead atoms. The lowest BCUT2D eigenvalue weighted by Gasteiger charge is -2.41. The van der Waals surface area contributed by atoms with Crippen molar-refractivity contribution in [2.45, 2.75) is 36.7 Å². The highest BCUT2D eigenvalue weighted by Gasteiger charge is 2.49. The van der Waals surface area contributed by atoms with Crippen molar-refractivity contribution >= 4 is 15.9 Å². The number of likely N-dealkylation sites (tertiary alicyclic amines) is 1. The van der Waals surface area contributed by atoms with Gasteiger partial charge >= 0.3 is 6.03 Å². The largest absolute Gasteiger partial charge is 0.334 e. The van der Waals surface area contributed by atoms with Crippen molar-refractivity contribution in [1.82, 2.24) is 10.2 Å². The Balaban J connectivity index is 1.60. The minimum Gasteiger partial charge on any atom is -0.334 e. The fourth-order valence-corrected chi connectivity index (χ4v) is 4.17. The minimum absolute atomic E-state index is 0.0653. The molecule has 1 aromatic carbocycles. The normalized spacial score (nSPS) is 22.9. The second-order valence-electron chi connectivity index (χ2n) is 6.78. The highest BCUT2D eigenvalue weighted by atomic mass is 32.2. The van der Waals surface area contributed by atoms with Crippen LogP contribution in [0.4, 0.5) is 4.79 Å². The smallest absolute Gasteiger partial charge is 0.317 e. The highest BCUT2D eigenvalue weighted by Crippen LogP contribution is 2.47. The molecular formula is C16H23N3O3S. The third-order valence-corrected chi connectivity index (χ3v) is 6.23. The van der Waals surface area contributed by atoms with Gasteiger partial charge < -0.3 is 16.0 Å². The van der Waals surface area contributed by atoms with E-state index in [4.69, 9.17) is 5.73 Å². The van der Waals surface area contributed by atoms with Gasteiger partial charge in [0.15, 0.2) is 9.84 Å². The molecule has 1 aliphatic carbocycles. The zero-order chi connectivity index (χ0) is 16.7. The van der Waals surface area contributed by atoms with Gasteiger partial charge in [0.1, 0.15) is 0 Å². The second-order valence-corrected chi connectivity index (χ2v) is 8.80. The molecule has 1 atom stereocenters. The van der Waals surface area contributed by atoms with E-state index in [9.17, 15) is 13.2 Å². The number of nitrogens with zero attached hydrogens (tertiary/aromatic N) is 1. The van der Waals surface area contributed by atoms with E-state index in [2.05, 4.69) is 5.32 Å². The zero-order valence-electron chi connectivity index (χ0n) is 13.3. The molecule has 1 unspecified atom stereocenters. The van der Waals surface area contributed by atoms with Crippen LogP contribution in [0, 0.1) is 5.41 Å². The molecule has 6 nitrogen and oxygen atoms in total. The molecule has 0 aromatic heterocycles. The number of carbonyl (C=O) groups is 1. The maximum absolute atomic E-state index is 12.3. The third kappa shape index (κ3) is 3.21. The summed E-state index contributed by atoms with van der Waals surface area (Å²) < 4.78 is 23.1. The number of amides is 2. The Bertz CT molecular complexity index is 713. The van der Waals surface area contributed by atoms with Crippen LogP contribution in [0.2, 0.25) is 0 Å². The molecule has 3 rings (SSSR count). The summed E-state index contributed by atoms with van der Waals surface area (Å²) in [4.78, 5) is 14.4. The van der Waals surface area contributed by atoms with Crippen LogP contribution in [0.1, 0.15) is 24.8 Å². The summed E-state index contributed by atoms with van der Waals surface area (Å²) >= 11 is 0. The van der Waals surface area contributed by atoms with Gasteiger partial charge in [-0.25, -0.2) is 13.2 Å². The molecule has 2 fully saturated rings. The Morgan fingerprint density at radius 2 is 2.17 bits per heavy atom. The van der Waals surface area contributed by atoms with Gasteiger partial charge in [-0.05, 0) is 30.5 Å². The van der Waals surface area contributed by atoms with Crippen molar-refractivity contribution in [3.8, 4) is 0 Å². The van der Waals surface area contributed by atoms with E-state index in [1.54, 1.807) is 29.2 Å². The van der Waals surface area contributed by atoms with E-state index in [0.29, 0.717) is 13.1 Å². The van der Waals surface area contributed by atoms with E-state index in [1.807, 2.05) is 0 Å². The summed E-state index contributed by atoms with van der Waals surface area (Å²) in [5.74, 6) is 0. The van der Waals surface area contributed by atoms with Gasteiger partial charge in [0.2, 0.25) is 0 Å². The maximum Gasteiger partial charge on any atom is 0.317 e. The molecule has 7 heteroatoms. The molecule has 23 heavy (non-hydrogen) atoms. The lowest BCUT2D eigenvalue weighted by atomic mass is 9.66. The fraction of sp³-hybridized carbons (Fsp3) is 0.562. The first-order chi connectivity index (χ1) is 10.8. The van der Waals surface area contributed by atoms with Crippen LogP contribution < -0.4 is 11.1 Å².